The van der Waals surface area contributed by atoms with Crippen LogP contribution in [0.3, 0.4) is 0 Å². The molecule has 0 aliphatic heterocycles. The summed E-state index contributed by atoms with van der Waals surface area (Å²) in [7, 11) is 0. The molecule has 5 nitrogen and oxygen atoms in total. The molecule has 0 bridgehead atoms. The Hall–Kier alpha value is -1.88. The second-order valence-corrected chi connectivity index (χ2v) is 2.64. The van der Waals surface area contributed by atoms with E-state index < -0.39 is 18.5 Å². The highest BCUT2D eigenvalue weighted by Gasteiger charge is 2.12. The number of hydrogen-bond donors (Lipinski definition) is 3. The summed E-state index contributed by atoms with van der Waals surface area (Å²) in [5.41, 5.74) is -0.102. The SMILES string of the molecule is O=C(O)c1ccc(CO)c(C(=O)O)c1. The fraction of sp³-hybridized carbons (Fsp3) is 0.111. The molecule has 0 radical (unpaired) electrons. The molecule has 1 rings (SSSR count). The second kappa shape index (κ2) is 3.89. The lowest BCUT2D eigenvalue weighted by Gasteiger charge is -2.03. The Morgan fingerprint density at radius 1 is 1.14 bits per heavy atom. The highest BCUT2D eigenvalue weighted by atomic mass is 16.4. The number of aromatic carboxylic acids is 2. The summed E-state index contributed by atoms with van der Waals surface area (Å²) in [6.07, 6.45) is 0. The maximum Gasteiger partial charge on any atom is 0.336 e. The van der Waals surface area contributed by atoms with Crippen molar-refractivity contribution in [2.75, 3.05) is 0 Å². The number of carboxylic acid groups (broad SMARTS) is 2. The lowest BCUT2D eigenvalue weighted by atomic mass is 10.0. The van der Waals surface area contributed by atoms with Crippen molar-refractivity contribution in [3.63, 3.8) is 0 Å². The molecule has 0 spiro atoms. The quantitative estimate of drug-likeness (QED) is 0.657. The van der Waals surface area contributed by atoms with E-state index in [1.54, 1.807) is 0 Å². The van der Waals surface area contributed by atoms with Gasteiger partial charge in [0.1, 0.15) is 0 Å². The van der Waals surface area contributed by atoms with Crippen LogP contribution in [0.15, 0.2) is 18.2 Å². The van der Waals surface area contributed by atoms with E-state index in [-0.39, 0.29) is 16.7 Å². The van der Waals surface area contributed by atoms with Gasteiger partial charge in [0, 0.05) is 0 Å². The second-order valence-electron chi connectivity index (χ2n) is 2.64. The van der Waals surface area contributed by atoms with Crippen molar-refractivity contribution in [2.45, 2.75) is 6.61 Å². The van der Waals surface area contributed by atoms with Crippen LogP contribution in [0.2, 0.25) is 0 Å². The zero-order valence-electron chi connectivity index (χ0n) is 7.10. The number of aliphatic hydroxyl groups excluding tert-OH is 1. The summed E-state index contributed by atoms with van der Waals surface area (Å²) >= 11 is 0. The van der Waals surface area contributed by atoms with Gasteiger partial charge >= 0.3 is 11.9 Å². The molecule has 1 aromatic rings. The predicted octanol–water partition coefficient (Wildman–Crippen LogP) is 0.575. The molecule has 0 heterocycles. The topological polar surface area (TPSA) is 94.8 Å². The lowest BCUT2D eigenvalue weighted by Crippen LogP contribution is -2.06. The maximum absolute atomic E-state index is 10.7. The van der Waals surface area contributed by atoms with Crippen LogP contribution < -0.4 is 0 Å². The first-order chi connectivity index (χ1) is 6.56. The highest BCUT2D eigenvalue weighted by molar-refractivity contribution is 5.94. The van der Waals surface area contributed by atoms with Gasteiger partial charge in [0.05, 0.1) is 17.7 Å². The number of benzene rings is 1. The Morgan fingerprint density at radius 2 is 1.79 bits per heavy atom. The number of carbonyl (C=O) groups is 2. The minimum absolute atomic E-state index is 0.111. The van der Waals surface area contributed by atoms with E-state index >= 15 is 0 Å². The van der Waals surface area contributed by atoms with Gasteiger partial charge in [-0.25, -0.2) is 9.59 Å². The van der Waals surface area contributed by atoms with Crippen molar-refractivity contribution < 1.29 is 24.9 Å². The molecule has 74 valence electrons. The number of aliphatic hydroxyl groups is 1. The van der Waals surface area contributed by atoms with Gasteiger partial charge in [0.25, 0.3) is 0 Å². The van der Waals surface area contributed by atoms with E-state index in [1.807, 2.05) is 0 Å². The standard InChI is InChI=1S/C9H8O5/c10-4-6-2-1-5(8(11)12)3-7(6)9(13)14/h1-3,10H,4H2,(H,11,12)(H,13,14). The Labute approximate surface area is 79.2 Å². The van der Waals surface area contributed by atoms with Gasteiger partial charge in [-0.05, 0) is 17.7 Å². The fourth-order valence-corrected chi connectivity index (χ4v) is 1.05. The molecule has 14 heavy (non-hydrogen) atoms. The van der Waals surface area contributed by atoms with E-state index in [0.717, 1.165) is 6.07 Å². The summed E-state index contributed by atoms with van der Waals surface area (Å²) in [5, 5.41) is 26.1. The normalized spacial score (nSPS) is 9.79. The fourth-order valence-electron chi connectivity index (χ4n) is 1.05. The van der Waals surface area contributed by atoms with Crippen LogP contribution in [0.5, 0.6) is 0 Å². The van der Waals surface area contributed by atoms with Crippen LogP contribution in [0, 0.1) is 0 Å². The summed E-state index contributed by atoms with van der Waals surface area (Å²) in [6, 6.07) is 3.56. The lowest BCUT2D eigenvalue weighted by molar-refractivity contribution is 0.0693. The average molecular weight is 196 g/mol. The van der Waals surface area contributed by atoms with Gasteiger partial charge in [0.15, 0.2) is 0 Å². The van der Waals surface area contributed by atoms with Crippen molar-refractivity contribution in [1.29, 1.82) is 0 Å². The summed E-state index contributed by atoms with van der Waals surface area (Å²) in [6.45, 7) is -0.429. The molecule has 0 atom stereocenters. The average Bonchev–Trinajstić information content (AvgIpc) is 2.16. The van der Waals surface area contributed by atoms with E-state index in [4.69, 9.17) is 15.3 Å². The molecule has 0 aliphatic rings. The maximum atomic E-state index is 10.7. The van der Waals surface area contributed by atoms with Gasteiger partial charge in [-0.15, -0.1) is 0 Å². The van der Waals surface area contributed by atoms with E-state index in [2.05, 4.69) is 0 Å². The summed E-state index contributed by atoms with van der Waals surface area (Å²) in [5.74, 6) is -2.45. The molecular weight excluding hydrogens is 188 g/mol. The van der Waals surface area contributed by atoms with Crippen molar-refractivity contribution in [3.05, 3.63) is 34.9 Å². The molecule has 0 saturated heterocycles. The minimum atomic E-state index is -1.25. The molecule has 0 aromatic heterocycles. The largest absolute Gasteiger partial charge is 0.478 e. The smallest absolute Gasteiger partial charge is 0.336 e. The zero-order valence-corrected chi connectivity index (χ0v) is 7.10. The monoisotopic (exact) mass is 196 g/mol. The van der Waals surface area contributed by atoms with Crippen LogP contribution in [-0.2, 0) is 6.61 Å². The molecular formula is C9H8O5. The van der Waals surface area contributed by atoms with Crippen molar-refractivity contribution >= 4 is 11.9 Å². The van der Waals surface area contributed by atoms with E-state index in [1.165, 1.54) is 12.1 Å². The van der Waals surface area contributed by atoms with E-state index in [0.29, 0.717) is 0 Å². The number of carboxylic acids is 2. The molecule has 5 heteroatoms. The first-order valence-electron chi connectivity index (χ1n) is 3.76. The number of hydrogen-bond acceptors (Lipinski definition) is 3. The number of rotatable bonds is 3. The van der Waals surface area contributed by atoms with Gasteiger partial charge in [-0.2, -0.15) is 0 Å². The molecule has 0 amide bonds. The van der Waals surface area contributed by atoms with Gasteiger partial charge in [-0.3, -0.25) is 0 Å². The van der Waals surface area contributed by atoms with Gasteiger partial charge in [-0.1, -0.05) is 6.07 Å². The highest BCUT2D eigenvalue weighted by Crippen LogP contribution is 2.12. The minimum Gasteiger partial charge on any atom is -0.478 e. The molecule has 0 saturated carbocycles. The van der Waals surface area contributed by atoms with Crippen LogP contribution >= 0.6 is 0 Å². The third-order valence-corrected chi connectivity index (χ3v) is 1.76. The Morgan fingerprint density at radius 3 is 2.21 bits per heavy atom. The first-order valence-corrected chi connectivity index (χ1v) is 3.76. The molecule has 1 aromatic carbocycles. The third-order valence-electron chi connectivity index (χ3n) is 1.76. The first kappa shape index (κ1) is 10.2. The third kappa shape index (κ3) is 1.89. The van der Waals surface area contributed by atoms with Crippen molar-refractivity contribution in [2.24, 2.45) is 0 Å². The van der Waals surface area contributed by atoms with Crippen LogP contribution in [0.4, 0.5) is 0 Å². The van der Waals surface area contributed by atoms with Crippen LogP contribution in [-0.4, -0.2) is 27.3 Å². The summed E-state index contributed by atoms with van der Waals surface area (Å²) in [4.78, 5) is 21.2. The predicted molar refractivity (Wildman–Crippen MR) is 46.3 cm³/mol. The van der Waals surface area contributed by atoms with Crippen LogP contribution in [0.25, 0.3) is 0 Å². The van der Waals surface area contributed by atoms with Crippen molar-refractivity contribution in [1.82, 2.24) is 0 Å². The van der Waals surface area contributed by atoms with Crippen molar-refractivity contribution in [3.8, 4) is 0 Å². The van der Waals surface area contributed by atoms with E-state index in [9.17, 15) is 9.59 Å². The zero-order chi connectivity index (χ0) is 10.7. The Balaban J connectivity index is 3.27. The summed E-state index contributed by atoms with van der Waals surface area (Å²) < 4.78 is 0. The van der Waals surface area contributed by atoms with Gasteiger partial charge in [0.2, 0.25) is 0 Å². The molecule has 0 unspecified atom stereocenters. The van der Waals surface area contributed by atoms with Gasteiger partial charge < -0.3 is 15.3 Å². The molecule has 0 aliphatic carbocycles. The molecule has 3 N–H and O–H groups in total. The Kier molecular flexibility index (Phi) is 2.83. The van der Waals surface area contributed by atoms with Crippen LogP contribution in [0.1, 0.15) is 26.3 Å². The molecule has 0 fully saturated rings. The Bertz CT molecular complexity index is 383.